The minimum atomic E-state index is -1.17. The maximum absolute atomic E-state index is 7.61. The van der Waals surface area contributed by atoms with Gasteiger partial charge in [-0.25, -0.2) is 0 Å². The molecule has 9 heavy (non-hydrogen) atoms. The molecule has 1 saturated heterocycles. The molecule has 0 bridgehead atoms. The Morgan fingerprint density at radius 1 is 1.22 bits per heavy atom. The second kappa shape index (κ2) is 6.07. The number of rotatable bonds is 0. The second-order valence-electron chi connectivity index (χ2n) is 2.09. The summed E-state index contributed by atoms with van der Waals surface area (Å²) in [4.78, 5) is 0. The van der Waals surface area contributed by atoms with Crippen LogP contribution in [-0.2, 0) is 0 Å². The molecule has 0 spiro atoms. The monoisotopic (exact) mass is 131 g/mol. The van der Waals surface area contributed by atoms with E-state index in [4.69, 9.17) is 10.0 Å². The maximum atomic E-state index is 7.61. The van der Waals surface area contributed by atoms with Crippen LogP contribution in [0.5, 0.6) is 0 Å². The van der Waals surface area contributed by atoms with Crippen molar-refractivity contribution in [2.45, 2.75) is 19.7 Å². The molecule has 54 valence electrons. The molecule has 0 aromatic rings. The van der Waals surface area contributed by atoms with Crippen LogP contribution in [0, 0.1) is 0 Å². The first-order chi connectivity index (χ1) is 4.23. The Balaban J connectivity index is 0.000000148. The summed E-state index contributed by atoms with van der Waals surface area (Å²) in [6, 6.07) is 0. The van der Waals surface area contributed by atoms with E-state index in [0.717, 1.165) is 0 Å². The van der Waals surface area contributed by atoms with Gasteiger partial charge in [-0.15, -0.1) is 0 Å². The number of hydrogen-bond acceptors (Lipinski definition) is 3. The Labute approximate surface area is 56.2 Å². The van der Waals surface area contributed by atoms with Crippen molar-refractivity contribution in [3.63, 3.8) is 0 Å². The van der Waals surface area contributed by atoms with E-state index in [1.807, 2.05) is 0 Å². The Morgan fingerprint density at radius 2 is 1.56 bits per heavy atom. The molecule has 4 heteroatoms. The van der Waals surface area contributed by atoms with Crippen molar-refractivity contribution in [1.29, 1.82) is 0 Å². The van der Waals surface area contributed by atoms with Gasteiger partial charge in [0, 0.05) is 0 Å². The maximum Gasteiger partial charge on any atom is 0.448 e. The summed E-state index contributed by atoms with van der Waals surface area (Å²) in [5.74, 6) is 0. The average Bonchev–Trinajstić information content (AvgIpc) is 2.11. The van der Waals surface area contributed by atoms with E-state index in [-0.39, 0.29) is 0 Å². The average molecular weight is 131 g/mol. The lowest BCUT2D eigenvalue weighted by molar-refractivity contribution is 0.417. The third-order valence-electron chi connectivity index (χ3n) is 0.957. The zero-order valence-electron chi connectivity index (χ0n) is 5.80. The molecule has 1 heterocycles. The highest BCUT2D eigenvalue weighted by Crippen LogP contribution is 1.90. The molecule has 0 radical (unpaired) electrons. The van der Waals surface area contributed by atoms with E-state index in [9.17, 15) is 0 Å². The minimum absolute atomic E-state index is 1.17. The molecule has 0 atom stereocenters. The topological polar surface area (TPSA) is 52.5 Å². The molecule has 0 aliphatic carbocycles. The Hall–Kier alpha value is -0.0551. The van der Waals surface area contributed by atoms with Gasteiger partial charge >= 0.3 is 7.12 Å². The van der Waals surface area contributed by atoms with Crippen LogP contribution >= 0.6 is 0 Å². The lowest BCUT2D eigenvalue weighted by atomic mass is 9.99. The molecule has 3 nitrogen and oxygen atoms in total. The van der Waals surface area contributed by atoms with Gasteiger partial charge < -0.3 is 15.4 Å². The van der Waals surface area contributed by atoms with E-state index >= 15 is 0 Å². The van der Waals surface area contributed by atoms with Crippen molar-refractivity contribution in [2.75, 3.05) is 13.1 Å². The molecule has 0 aromatic carbocycles. The molecule has 1 fully saturated rings. The summed E-state index contributed by atoms with van der Waals surface area (Å²) >= 11 is 0. The van der Waals surface area contributed by atoms with Crippen LogP contribution in [0.3, 0.4) is 0 Å². The van der Waals surface area contributed by atoms with Gasteiger partial charge in [-0.3, -0.25) is 0 Å². The van der Waals surface area contributed by atoms with Gasteiger partial charge in [0.1, 0.15) is 0 Å². The summed E-state index contributed by atoms with van der Waals surface area (Å²) < 4.78 is 0. The van der Waals surface area contributed by atoms with Crippen molar-refractivity contribution in [1.82, 2.24) is 5.32 Å². The first kappa shape index (κ1) is 8.94. The van der Waals surface area contributed by atoms with Crippen LogP contribution in [0.15, 0.2) is 0 Å². The Bertz CT molecular complexity index is 46.6. The van der Waals surface area contributed by atoms with E-state index < -0.39 is 7.12 Å². The second-order valence-corrected chi connectivity index (χ2v) is 2.09. The van der Waals surface area contributed by atoms with Crippen LogP contribution in [0.4, 0.5) is 0 Å². The lowest BCUT2D eigenvalue weighted by Crippen LogP contribution is -2.03. The predicted octanol–water partition coefficient (Wildman–Crippen LogP) is -0.541. The van der Waals surface area contributed by atoms with Crippen LogP contribution in [-0.4, -0.2) is 30.3 Å². The van der Waals surface area contributed by atoms with Crippen molar-refractivity contribution >= 4 is 7.12 Å². The van der Waals surface area contributed by atoms with E-state index in [0.29, 0.717) is 0 Å². The molecule has 0 aromatic heterocycles. The van der Waals surface area contributed by atoms with Gasteiger partial charge in [-0.1, -0.05) is 0 Å². The largest absolute Gasteiger partial charge is 0.448 e. The van der Waals surface area contributed by atoms with Crippen LogP contribution in [0.25, 0.3) is 0 Å². The zero-order valence-corrected chi connectivity index (χ0v) is 5.80. The highest BCUT2D eigenvalue weighted by molar-refractivity contribution is 6.38. The fraction of sp³-hybridized carbons (Fsp3) is 1.00. The molecular weight excluding hydrogens is 117 g/mol. The van der Waals surface area contributed by atoms with Gasteiger partial charge in [0.05, 0.1) is 0 Å². The van der Waals surface area contributed by atoms with Crippen molar-refractivity contribution < 1.29 is 10.0 Å². The fourth-order valence-electron chi connectivity index (χ4n) is 0.625. The number of nitrogens with one attached hydrogen (secondary N) is 1. The van der Waals surface area contributed by atoms with E-state index in [1.165, 1.54) is 32.8 Å². The minimum Gasteiger partial charge on any atom is -0.427 e. The smallest absolute Gasteiger partial charge is 0.427 e. The van der Waals surface area contributed by atoms with Gasteiger partial charge in [0.2, 0.25) is 0 Å². The van der Waals surface area contributed by atoms with E-state index in [1.54, 1.807) is 0 Å². The number of hydrogen-bond donors (Lipinski definition) is 3. The van der Waals surface area contributed by atoms with Gasteiger partial charge in [0.25, 0.3) is 0 Å². The molecule has 0 amide bonds. The summed E-state index contributed by atoms with van der Waals surface area (Å²) in [6.07, 6.45) is 2.78. The first-order valence-electron chi connectivity index (χ1n) is 3.30. The highest BCUT2D eigenvalue weighted by atomic mass is 16.4. The molecule has 0 saturated carbocycles. The summed E-state index contributed by atoms with van der Waals surface area (Å²) in [5.41, 5.74) is 0. The zero-order chi connectivity index (χ0) is 7.11. The van der Waals surface area contributed by atoms with Crippen LogP contribution in [0.1, 0.15) is 12.8 Å². The standard InChI is InChI=1S/C4H9N.CH5BO2/c1-2-4-5-3-1;1-2(3)4/h5H,1-4H2;3-4H,1H3. The lowest BCUT2D eigenvalue weighted by Gasteiger charge is -1.76. The van der Waals surface area contributed by atoms with Crippen molar-refractivity contribution in [3.05, 3.63) is 0 Å². The normalized spacial score (nSPS) is 16.3. The molecule has 1 rings (SSSR count). The van der Waals surface area contributed by atoms with Gasteiger partial charge in [-0.05, 0) is 32.8 Å². The van der Waals surface area contributed by atoms with Crippen molar-refractivity contribution in [2.24, 2.45) is 0 Å². The summed E-state index contributed by atoms with van der Waals surface area (Å²) in [7, 11) is -1.17. The third-order valence-corrected chi connectivity index (χ3v) is 0.957. The molecule has 1 aliphatic heterocycles. The molecule has 3 N–H and O–H groups in total. The third kappa shape index (κ3) is 11.5. The van der Waals surface area contributed by atoms with Gasteiger partial charge in [0.15, 0.2) is 0 Å². The molecule has 0 unspecified atom stereocenters. The SMILES string of the molecule is C1CCNC1.CB(O)O. The predicted molar refractivity (Wildman–Crippen MR) is 38.2 cm³/mol. The summed E-state index contributed by atoms with van der Waals surface area (Å²) in [6.45, 7) is 3.78. The van der Waals surface area contributed by atoms with Gasteiger partial charge in [-0.2, -0.15) is 0 Å². The Morgan fingerprint density at radius 3 is 1.67 bits per heavy atom. The molecule has 1 aliphatic rings. The summed E-state index contributed by atoms with van der Waals surface area (Å²) in [5, 5.41) is 18.4. The quantitative estimate of drug-likeness (QED) is 0.387. The first-order valence-corrected chi connectivity index (χ1v) is 3.30. The molecular formula is C5H14BNO2. The van der Waals surface area contributed by atoms with Crippen LogP contribution < -0.4 is 5.32 Å². The van der Waals surface area contributed by atoms with E-state index in [2.05, 4.69) is 5.32 Å². The Kier molecular flexibility index (Phi) is 6.03. The fourth-order valence-corrected chi connectivity index (χ4v) is 0.625. The van der Waals surface area contributed by atoms with Crippen LogP contribution in [0.2, 0.25) is 6.82 Å². The highest BCUT2D eigenvalue weighted by Gasteiger charge is 1.93. The van der Waals surface area contributed by atoms with Crippen molar-refractivity contribution in [3.8, 4) is 0 Å².